The van der Waals surface area contributed by atoms with E-state index in [9.17, 15) is 29.4 Å². The van der Waals surface area contributed by atoms with Crippen LogP contribution >= 0.6 is 0 Å². The lowest BCUT2D eigenvalue weighted by atomic mass is 9.46. The van der Waals surface area contributed by atoms with Crippen LogP contribution in [0.25, 0.3) is 0 Å². The minimum Gasteiger partial charge on any atom is -0.458 e. The van der Waals surface area contributed by atoms with Crippen molar-refractivity contribution in [1.82, 2.24) is 0 Å². The van der Waals surface area contributed by atoms with Crippen LogP contribution in [0.5, 0.6) is 0 Å². The zero-order valence-corrected chi connectivity index (χ0v) is 21.4. The minimum absolute atomic E-state index is 0.137. The van der Waals surface area contributed by atoms with Crippen molar-refractivity contribution in [3.8, 4) is 0 Å². The van der Waals surface area contributed by atoms with E-state index in [1.165, 1.54) is 6.08 Å². The molecule has 5 bridgehead atoms. The summed E-state index contributed by atoms with van der Waals surface area (Å²) >= 11 is 0. The molecule has 0 aromatic heterocycles. The topological polar surface area (TPSA) is 146 Å². The number of rotatable bonds is 0. The van der Waals surface area contributed by atoms with Crippen LogP contribution in [0.2, 0.25) is 0 Å². The maximum Gasteiger partial charge on any atom is 0.342 e. The molecule has 5 aliphatic heterocycles. The van der Waals surface area contributed by atoms with E-state index < -0.39 is 87.0 Å². The normalized spacial score (nSPS) is 59.2. The van der Waals surface area contributed by atoms with E-state index in [2.05, 4.69) is 0 Å². The molecule has 10 nitrogen and oxygen atoms in total. The van der Waals surface area contributed by atoms with Crippen molar-refractivity contribution >= 4 is 23.5 Å². The van der Waals surface area contributed by atoms with Gasteiger partial charge in [0.2, 0.25) is 5.79 Å². The maximum absolute atomic E-state index is 14.9. The van der Waals surface area contributed by atoms with Gasteiger partial charge >= 0.3 is 11.9 Å². The summed E-state index contributed by atoms with van der Waals surface area (Å²) in [4.78, 5) is 55.3. The largest absolute Gasteiger partial charge is 0.458 e. The van der Waals surface area contributed by atoms with E-state index in [1.807, 2.05) is 0 Å². The number of fused-ring (bicyclic) bond motifs is 5. The van der Waals surface area contributed by atoms with Gasteiger partial charge in [0, 0.05) is 0 Å². The Hall–Kier alpha value is -2.40. The molecular formula is C28H30O10. The number of hydrogen-bond acceptors (Lipinski definition) is 10. The Kier molecular flexibility index (Phi) is 3.91. The second-order valence-corrected chi connectivity index (χ2v) is 13.2. The molecule has 202 valence electrons. The third-order valence-electron chi connectivity index (χ3n) is 12.0. The highest BCUT2D eigenvalue weighted by atomic mass is 16.8. The molecular weight excluding hydrogens is 496 g/mol. The quantitative estimate of drug-likeness (QED) is 0.339. The highest BCUT2D eigenvalue weighted by Gasteiger charge is 2.93. The van der Waals surface area contributed by atoms with E-state index in [-0.39, 0.29) is 31.7 Å². The molecule has 8 rings (SSSR count). The number of Topliss-reactive ketones (excluding diaryl/α,β-unsaturated/α-hetero) is 1. The van der Waals surface area contributed by atoms with Crippen LogP contribution < -0.4 is 0 Å². The second kappa shape index (κ2) is 6.32. The number of esters is 2. The van der Waals surface area contributed by atoms with Gasteiger partial charge < -0.3 is 29.2 Å². The average Bonchev–Trinajstić information content (AvgIpc) is 3.17. The van der Waals surface area contributed by atoms with Crippen molar-refractivity contribution in [1.29, 1.82) is 0 Å². The molecule has 0 unspecified atom stereocenters. The van der Waals surface area contributed by atoms with E-state index in [4.69, 9.17) is 18.9 Å². The molecule has 2 spiro atoms. The lowest BCUT2D eigenvalue weighted by Crippen LogP contribution is -2.79. The zero-order valence-electron chi connectivity index (χ0n) is 21.4. The number of carbonyl (C=O) groups is 4. The van der Waals surface area contributed by atoms with Gasteiger partial charge in [0.1, 0.15) is 6.10 Å². The van der Waals surface area contributed by atoms with Gasteiger partial charge in [0.05, 0.1) is 35.9 Å². The van der Waals surface area contributed by atoms with Crippen molar-refractivity contribution in [2.75, 3.05) is 6.61 Å². The predicted molar refractivity (Wildman–Crippen MR) is 124 cm³/mol. The van der Waals surface area contributed by atoms with Crippen molar-refractivity contribution in [3.05, 3.63) is 23.8 Å². The van der Waals surface area contributed by atoms with Crippen molar-refractivity contribution in [2.24, 2.45) is 34.5 Å². The summed E-state index contributed by atoms with van der Waals surface area (Å²) in [5, 5.41) is 24.0. The maximum atomic E-state index is 14.9. The van der Waals surface area contributed by atoms with Gasteiger partial charge in [-0.05, 0) is 56.9 Å². The summed E-state index contributed by atoms with van der Waals surface area (Å²) < 4.78 is 24.9. The Morgan fingerprint density at radius 1 is 1.11 bits per heavy atom. The highest BCUT2D eigenvalue weighted by Crippen LogP contribution is 2.75. The molecule has 5 heterocycles. The van der Waals surface area contributed by atoms with Gasteiger partial charge in [-0.15, -0.1) is 0 Å². The van der Waals surface area contributed by atoms with E-state index in [0.29, 0.717) is 6.42 Å². The zero-order chi connectivity index (χ0) is 26.8. The first-order valence-corrected chi connectivity index (χ1v) is 13.5. The van der Waals surface area contributed by atoms with Crippen LogP contribution in [0.4, 0.5) is 0 Å². The fraction of sp³-hybridized carbons (Fsp3) is 0.714. The summed E-state index contributed by atoms with van der Waals surface area (Å²) in [6.45, 7) is 4.95. The Morgan fingerprint density at radius 2 is 1.87 bits per heavy atom. The van der Waals surface area contributed by atoms with Gasteiger partial charge in [-0.1, -0.05) is 24.6 Å². The summed E-state index contributed by atoms with van der Waals surface area (Å²) in [6.07, 6.45) is 3.41. The lowest BCUT2D eigenvalue weighted by Gasteiger charge is -2.63. The standard InChI is InChI=1S/C28H30O10/c1-23-10-17-25(3)28-19(23)20(31)27(38-28,35-11-14(23)21(32)36-17)18-13(7-8-26(28,34)22(33)37-25)24(2)12(9-15(18)29)5-4-6-16(24)30/h4,6,9,13-15,17-19,29,34H,5,7-8,10-11H2,1-3H3/t13-,14+,15+,17-,18+,19+,23-,24+,25+,26-,27-,28+/m1/s1. The number of hydrogen-bond donors (Lipinski definition) is 2. The third-order valence-corrected chi connectivity index (χ3v) is 12.0. The monoisotopic (exact) mass is 526 g/mol. The number of aliphatic hydroxyl groups is 2. The first-order chi connectivity index (χ1) is 17.8. The first kappa shape index (κ1) is 23.5. The molecule has 1 saturated carbocycles. The summed E-state index contributed by atoms with van der Waals surface area (Å²) in [6, 6.07) is 0. The molecule has 10 heteroatoms. The SMILES string of the molecule is C[C@]12C(=O)C=CCC1=C[C@H](O)[C@@H]1[C@H]2CC[C@@]2(O)C(=O)O[C@@]3(C)[C@H]4C[C@]5(C)[C@@H](CO[C@@]16O[C@]23[C@H]5C6=O)C(=O)O4. The fourth-order valence-corrected chi connectivity index (χ4v) is 10.0. The number of ether oxygens (including phenoxy) is 4. The summed E-state index contributed by atoms with van der Waals surface area (Å²) in [5.74, 6) is -8.00. The van der Waals surface area contributed by atoms with E-state index in [0.717, 1.165) is 5.57 Å². The molecule has 8 aliphatic rings. The van der Waals surface area contributed by atoms with Crippen molar-refractivity contribution in [3.63, 3.8) is 0 Å². The second-order valence-electron chi connectivity index (χ2n) is 13.2. The van der Waals surface area contributed by atoms with Gasteiger partial charge in [-0.25, -0.2) is 4.79 Å². The van der Waals surface area contributed by atoms with E-state index in [1.54, 1.807) is 32.9 Å². The van der Waals surface area contributed by atoms with Crippen LogP contribution in [0, 0.1) is 34.5 Å². The van der Waals surface area contributed by atoms with Crippen LogP contribution in [-0.2, 0) is 38.1 Å². The molecule has 0 radical (unpaired) electrons. The number of allylic oxidation sites excluding steroid dienone is 3. The van der Waals surface area contributed by atoms with Crippen LogP contribution in [0.15, 0.2) is 23.8 Å². The number of carbonyl (C=O) groups excluding carboxylic acids is 4. The number of aliphatic hydroxyl groups excluding tert-OH is 1. The summed E-state index contributed by atoms with van der Waals surface area (Å²) in [7, 11) is 0. The molecule has 0 aromatic rings. The average molecular weight is 527 g/mol. The molecule has 0 aromatic carbocycles. The molecule has 6 fully saturated rings. The number of ketones is 2. The molecule has 38 heavy (non-hydrogen) atoms. The van der Waals surface area contributed by atoms with Gasteiger partial charge in [0.25, 0.3) is 0 Å². The Labute approximate surface area is 218 Å². The van der Waals surface area contributed by atoms with Gasteiger partial charge in [0.15, 0.2) is 28.4 Å². The smallest absolute Gasteiger partial charge is 0.342 e. The van der Waals surface area contributed by atoms with Crippen LogP contribution in [0.3, 0.4) is 0 Å². The molecule has 2 N–H and O–H groups in total. The Balaban J connectivity index is 1.45. The third kappa shape index (κ3) is 2.00. The molecule has 3 aliphatic carbocycles. The highest BCUT2D eigenvalue weighted by molar-refractivity contribution is 6.01. The van der Waals surface area contributed by atoms with E-state index >= 15 is 0 Å². The van der Waals surface area contributed by atoms with Crippen LogP contribution in [-0.4, -0.2) is 75.1 Å². The first-order valence-electron chi connectivity index (χ1n) is 13.5. The minimum atomic E-state index is -2.26. The molecule has 5 saturated heterocycles. The fourth-order valence-electron chi connectivity index (χ4n) is 10.0. The molecule has 0 amide bonds. The molecule has 12 atom stereocenters. The van der Waals surface area contributed by atoms with Crippen molar-refractivity contribution in [2.45, 2.75) is 81.3 Å². The van der Waals surface area contributed by atoms with Crippen LogP contribution in [0.1, 0.15) is 46.5 Å². The van der Waals surface area contributed by atoms with Crippen molar-refractivity contribution < 1.29 is 48.3 Å². The Bertz CT molecular complexity index is 1330. The summed E-state index contributed by atoms with van der Waals surface area (Å²) in [5.41, 5.74) is -7.27. The van der Waals surface area contributed by atoms with Gasteiger partial charge in [-0.2, -0.15) is 0 Å². The lowest BCUT2D eigenvalue weighted by molar-refractivity contribution is -0.378. The Morgan fingerprint density at radius 3 is 2.63 bits per heavy atom. The van der Waals surface area contributed by atoms with Gasteiger partial charge in [-0.3, -0.25) is 14.4 Å². The predicted octanol–water partition coefficient (Wildman–Crippen LogP) is 0.528.